The maximum absolute atomic E-state index is 13.9. The van der Waals surface area contributed by atoms with Crippen LogP contribution in [-0.2, 0) is 34.2 Å². The molecular formula is C20H27FN2O7S2. The standard InChI is InChI=1S/C20H27FN2O7S2/c1-14(19(24)22(2)16-9-12-31(26,27)13-16)30-20(25)15-7-10-23(11-8-15)32(28,29)18-6-4-3-5-17(18)21/h3-6,14-16H,7-13H2,1-2H3/t14-,16+/m1/s1. The number of sulfone groups is 1. The van der Waals surface area contributed by atoms with Crippen molar-refractivity contribution in [1.82, 2.24) is 9.21 Å². The van der Waals surface area contributed by atoms with E-state index < -0.39 is 60.5 Å². The van der Waals surface area contributed by atoms with Gasteiger partial charge in [-0.2, -0.15) is 4.31 Å². The first-order valence-electron chi connectivity index (χ1n) is 10.3. The number of sulfonamides is 1. The molecule has 2 aliphatic rings. The maximum atomic E-state index is 13.9. The SMILES string of the molecule is C[C@@H](OC(=O)C1CCN(S(=O)(=O)c2ccccc2F)CC1)C(=O)N(C)[C@H]1CCS(=O)(=O)C1. The Hall–Kier alpha value is -2.05. The molecule has 1 aromatic rings. The molecule has 0 unspecified atom stereocenters. The third-order valence-corrected chi connectivity index (χ3v) is 9.67. The van der Waals surface area contributed by atoms with Crippen LogP contribution in [0.1, 0.15) is 26.2 Å². The van der Waals surface area contributed by atoms with Gasteiger partial charge in [-0.1, -0.05) is 12.1 Å². The van der Waals surface area contributed by atoms with Gasteiger partial charge in [0.15, 0.2) is 15.9 Å². The van der Waals surface area contributed by atoms with Crippen molar-refractivity contribution < 1.29 is 35.6 Å². The van der Waals surface area contributed by atoms with E-state index in [4.69, 9.17) is 4.74 Å². The first-order valence-corrected chi connectivity index (χ1v) is 13.6. The maximum Gasteiger partial charge on any atom is 0.309 e. The summed E-state index contributed by atoms with van der Waals surface area (Å²) in [5.41, 5.74) is 0. The van der Waals surface area contributed by atoms with E-state index in [2.05, 4.69) is 0 Å². The lowest BCUT2D eigenvalue weighted by atomic mass is 9.98. The molecule has 3 rings (SSSR count). The van der Waals surface area contributed by atoms with Gasteiger partial charge in [0.25, 0.3) is 5.91 Å². The van der Waals surface area contributed by atoms with E-state index in [1.807, 2.05) is 0 Å². The summed E-state index contributed by atoms with van der Waals surface area (Å²) < 4.78 is 69.0. The monoisotopic (exact) mass is 490 g/mol. The van der Waals surface area contributed by atoms with Crippen LogP contribution in [-0.4, -0.2) is 81.7 Å². The van der Waals surface area contributed by atoms with E-state index in [-0.39, 0.29) is 37.4 Å². The zero-order valence-electron chi connectivity index (χ0n) is 17.9. The third kappa shape index (κ3) is 5.29. The number of carbonyl (C=O) groups is 2. The Morgan fingerprint density at radius 1 is 1.19 bits per heavy atom. The minimum Gasteiger partial charge on any atom is -0.452 e. The van der Waals surface area contributed by atoms with Crippen LogP contribution in [0.4, 0.5) is 4.39 Å². The second kappa shape index (κ2) is 9.44. The summed E-state index contributed by atoms with van der Waals surface area (Å²) in [6.07, 6.45) is -0.370. The number of rotatable bonds is 6. The van der Waals surface area contributed by atoms with Crippen LogP contribution in [0, 0.1) is 11.7 Å². The van der Waals surface area contributed by atoms with Gasteiger partial charge in [-0.15, -0.1) is 0 Å². The van der Waals surface area contributed by atoms with Crippen LogP contribution in [0.15, 0.2) is 29.2 Å². The number of likely N-dealkylation sites (N-methyl/N-ethyl adjacent to an activating group) is 1. The average Bonchev–Trinajstić information content (AvgIpc) is 3.12. The second-order valence-electron chi connectivity index (χ2n) is 8.19. The van der Waals surface area contributed by atoms with Crippen molar-refractivity contribution in [1.29, 1.82) is 0 Å². The van der Waals surface area contributed by atoms with Gasteiger partial charge >= 0.3 is 5.97 Å². The third-order valence-electron chi connectivity index (χ3n) is 5.99. The molecule has 178 valence electrons. The van der Waals surface area contributed by atoms with E-state index >= 15 is 0 Å². The molecule has 2 fully saturated rings. The molecule has 0 N–H and O–H groups in total. The van der Waals surface area contributed by atoms with Crippen molar-refractivity contribution in [2.45, 2.75) is 43.2 Å². The second-order valence-corrected chi connectivity index (χ2v) is 12.3. The van der Waals surface area contributed by atoms with Gasteiger partial charge in [0.2, 0.25) is 10.0 Å². The highest BCUT2D eigenvalue weighted by Gasteiger charge is 2.37. The molecule has 0 aromatic heterocycles. The van der Waals surface area contributed by atoms with E-state index in [1.54, 1.807) is 0 Å². The molecule has 0 aliphatic carbocycles. The molecule has 2 aliphatic heterocycles. The fourth-order valence-electron chi connectivity index (χ4n) is 3.99. The predicted octanol–water partition coefficient (Wildman–Crippen LogP) is 0.804. The Morgan fingerprint density at radius 3 is 2.38 bits per heavy atom. The average molecular weight is 491 g/mol. The highest BCUT2D eigenvalue weighted by Crippen LogP contribution is 2.26. The Kier molecular flexibility index (Phi) is 7.25. The van der Waals surface area contributed by atoms with Crippen LogP contribution >= 0.6 is 0 Å². The molecule has 0 spiro atoms. The normalized spacial score (nSPS) is 22.9. The number of hydrogen-bond donors (Lipinski definition) is 0. The number of carbonyl (C=O) groups excluding carboxylic acids is 2. The molecule has 1 amide bonds. The van der Waals surface area contributed by atoms with Gasteiger partial charge in [-0.05, 0) is 38.3 Å². The van der Waals surface area contributed by atoms with E-state index in [0.717, 1.165) is 10.4 Å². The fourth-order valence-corrected chi connectivity index (χ4v) is 7.30. The van der Waals surface area contributed by atoms with Crippen LogP contribution in [0.3, 0.4) is 0 Å². The van der Waals surface area contributed by atoms with Crippen LogP contribution in [0.2, 0.25) is 0 Å². The highest BCUT2D eigenvalue weighted by molar-refractivity contribution is 7.91. The molecule has 0 saturated carbocycles. The molecule has 9 nitrogen and oxygen atoms in total. The summed E-state index contributed by atoms with van der Waals surface area (Å²) in [6.45, 7) is 1.48. The summed E-state index contributed by atoms with van der Waals surface area (Å²) in [5, 5.41) is 0. The van der Waals surface area contributed by atoms with E-state index in [1.165, 1.54) is 37.1 Å². The first kappa shape index (κ1) is 24.6. The highest BCUT2D eigenvalue weighted by atomic mass is 32.2. The summed E-state index contributed by atoms with van der Waals surface area (Å²) in [7, 11) is -5.68. The van der Waals surface area contributed by atoms with Crippen molar-refractivity contribution in [3.63, 3.8) is 0 Å². The van der Waals surface area contributed by atoms with Crippen molar-refractivity contribution in [2.24, 2.45) is 5.92 Å². The zero-order chi connectivity index (χ0) is 23.7. The van der Waals surface area contributed by atoms with Crippen molar-refractivity contribution in [3.05, 3.63) is 30.1 Å². The fraction of sp³-hybridized carbons (Fsp3) is 0.600. The quantitative estimate of drug-likeness (QED) is 0.541. The minimum absolute atomic E-state index is 0.0256. The molecular weight excluding hydrogens is 463 g/mol. The number of piperidine rings is 1. The smallest absolute Gasteiger partial charge is 0.309 e. The number of hydrogen-bond acceptors (Lipinski definition) is 7. The molecule has 2 heterocycles. The summed E-state index contributed by atoms with van der Waals surface area (Å²) in [6, 6.07) is 4.68. The molecule has 2 saturated heterocycles. The molecule has 0 bridgehead atoms. The Morgan fingerprint density at radius 2 is 1.81 bits per heavy atom. The number of ether oxygens (including phenoxy) is 1. The number of esters is 1. The lowest BCUT2D eigenvalue weighted by molar-refractivity contribution is -0.163. The zero-order valence-corrected chi connectivity index (χ0v) is 19.6. The molecule has 12 heteroatoms. The summed E-state index contributed by atoms with van der Waals surface area (Å²) >= 11 is 0. The number of amides is 1. The number of nitrogens with zero attached hydrogens (tertiary/aromatic N) is 2. The molecule has 0 radical (unpaired) electrons. The predicted molar refractivity (Wildman–Crippen MR) is 113 cm³/mol. The number of halogens is 1. The van der Waals surface area contributed by atoms with Crippen LogP contribution in [0.5, 0.6) is 0 Å². The summed E-state index contributed by atoms with van der Waals surface area (Å²) in [5.74, 6) is -2.60. The van der Waals surface area contributed by atoms with Gasteiger partial charge < -0.3 is 9.64 Å². The van der Waals surface area contributed by atoms with Crippen LogP contribution in [0.25, 0.3) is 0 Å². The lowest BCUT2D eigenvalue weighted by Gasteiger charge is -2.31. The van der Waals surface area contributed by atoms with Crippen molar-refractivity contribution in [3.8, 4) is 0 Å². The summed E-state index contributed by atoms with van der Waals surface area (Å²) in [4.78, 5) is 26.0. The Labute approximate surface area is 187 Å². The first-order chi connectivity index (χ1) is 14.9. The van der Waals surface area contributed by atoms with Gasteiger partial charge in [-0.25, -0.2) is 21.2 Å². The van der Waals surface area contributed by atoms with Crippen molar-refractivity contribution >= 4 is 31.7 Å². The van der Waals surface area contributed by atoms with Gasteiger partial charge in [-0.3, -0.25) is 9.59 Å². The van der Waals surface area contributed by atoms with Gasteiger partial charge in [0, 0.05) is 26.2 Å². The molecule has 32 heavy (non-hydrogen) atoms. The Balaban J connectivity index is 1.54. The lowest BCUT2D eigenvalue weighted by Crippen LogP contribution is -2.45. The van der Waals surface area contributed by atoms with Crippen molar-refractivity contribution in [2.75, 3.05) is 31.6 Å². The van der Waals surface area contributed by atoms with Gasteiger partial charge in [0.1, 0.15) is 10.7 Å². The topological polar surface area (TPSA) is 118 Å². The Bertz CT molecular complexity index is 1080. The minimum atomic E-state index is -4.01. The van der Waals surface area contributed by atoms with E-state index in [9.17, 15) is 30.8 Å². The molecule has 2 atom stereocenters. The largest absolute Gasteiger partial charge is 0.452 e. The molecule has 1 aromatic carbocycles. The number of benzene rings is 1. The van der Waals surface area contributed by atoms with Gasteiger partial charge in [0.05, 0.1) is 17.4 Å². The van der Waals surface area contributed by atoms with E-state index in [0.29, 0.717) is 6.42 Å². The van der Waals surface area contributed by atoms with Crippen LogP contribution < -0.4 is 0 Å².